The van der Waals surface area contributed by atoms with E-state index in [9.17, 15) is 4.79 Å². The molecule has 142 valence electrons. The second-order valence-electron chi connectivity index (χ2n) is 6.90. The molecule has 1 aliphatic heterocycles. The summed E-state index contributed by atoms with van der Waals surface area (Å²) in [6, 6.07) is 7.83. The molecule has 2 aromatic heterocycles. The summed E-state index contributed by atoms with van der Waals surface area (Å²) in [4.78, 5) is 19.9. The molecule has 1 aliphatic rings. The van der Waals surface area contributed by atoms with Gasteiger partial charge in [0.05, 0.1) is 19.9 Å². The van der Waals surface area contributed by atoms with E-state index >= 15 is 0 Å². The largest absolute Gasteiger partial charge is 0.493 e. The smallest absolute Gasteiger partial charge is 0.276 e. The number of aryl methyl sites for hydroxylation is 1. The monoisotopic (exact) mass is 368 g/mol. The molecule has 0 spiro atoms. The van der Waals surface area contributed by atoms with Gasteiger partial charge in [0, 0.05) is 48.9 Å². The highest BCUT2D eigenvalue weighted by Gasteiger charge is 2.21. The maximum Gasteiger partial charge on any atom is 0.276 e. The Hall–Kier alpha value is -2.80. The Kier molecular flexibility index (Phi) is 4.61. The van der Waals surface area contributed by atoms with Crippen LogP contribution in [0.1, 0.15) is 22.5 Å². The van der Waals surface area contributed by atoms with Gasteiger partial charge in [-0.25, -0.2) is 9.50 Å². The number of aromatic nitrogens is 3. The molecule has 0 radical (unpaired) electrons. The summed E-state index contributed by atoms with van der Waals surface area (Å²) in [5.41, 5.74) is 4.46. The number of rotatable bonds is 4. The molecule has 0 amide bonds. The van der Waals surface area contributed by atoms with Crippen LogP contribution in [0.5, 0.6) is 11.5 Å². The summed E-state index contributed by atoms with van der Waals surface area (Å²) in [5.74, 6) is 1.50. The van der Waals surface area contributed by atoms with Gasteiger partial charge in [-0.05, 0) is 19.4 Å². The Morgan fingerprint density at radius 2 is 2.00 bits per heavy atom. The maximum atomic E-state index is 12.8. The van der Waals surface area contributed by atoms with Crippen LogP contribution in [-0.4, -0.2) is 46.8 Å². The summed E-state index contributed by atoms with van der Waals surface area (Å²) < 4.78 is 12.5. The zero-order valence-corrected chi connectivity index (χ0v) is 15.9. The Labute approximate surface area is 157 Å². The van der Waals surface area contributed by atoms with E-state index < -0.39 is 0 Å². The van der Waals surface area contributed by atoms with Crippen molar-refractivity contribution < 1.29 is 9.47 Å². The molecule has 4 rings (SSSR count). The second kappa shape index (κ2) is 7.08. The lowest BCUT2D eigenvalue weighted by Gasteiger charge is -2.21. The normalized spacial score (nSPS) is 14.8. The molecule has 1 aromatic carbocycles. The molecular weight excluding hydrogens is 344 g/mol. The molecule has 3 aromatic rings. The molecule has 7 heteroatoms. The van der Waals surface area contributed by atoms with E-state index in [0.29, 0.717) is 12.1 Å². The van der Waals surface area contributed by atoms with Gasteiger partial charge < -0.3 is 9.47 Å². The zero-order valence-electron chi connectivity index (χ0n) is 15.9. The summed E-state index contributed by atoms with van der Waals surface area (Å²) in [6.07, 6.45) is 1.45. The van der Waals surface area contributed by atoms with Gasteiger partial charge in [0.1, 0.15) is 0 Å². The van der Waals surface area contributed by atoms with Gasteiger partial charge in [0.2, 0.25) is 0 Å². The fourth-order valence-electron chi connectivity index (χ4n) is 3.81. The van der Waals surface area contributed by atoms with E-state index in [4.69, 9.17) is 14.5 Å². The average Bonchev–Trinajstić information content (AvgIpc) is 2.93. The van der Waals surface area contributed by atoms with Crippen molar-refractivity contribution in [3.63, 3.8) is 0 Å². The lowest BCUT2D eigenvalue weighted by Crippen LogP contribution is -2.27. The first-order valence-corrected chi connectivity index (χ1v) is 9.13. The summed E-state index contributed by atoms with van der Waals surface area (Å²) in [5, 5.41) is 3.07. The second-order valence-corrected chi connectivity index (χ2v) is 6.90. The Morgan fingerprint density at radius 1 is 1.19 bits per heavy atom. The fourth-order valence-corrected chi connectivity index (χ4v) is 3.81. The molecule has 0 aliphatic carbocycles. The van der Waals surface area contributed by atoms with Crippen LogP contribution in [0.4, 0.5) is 0 Å². The highest BCUT2D eigenvalue weighted by Crippen LogP contribution is 2.31. The van der Waals surface area contributed by atoms with Crippen LogP contribution in [0.25, 0.3) is 5.65 Å². The molecule has 0 atom stereocenters. The summed E-state index contributed by atoms with van der Waals surface area (Å²) in [7, 11) is 3.31. The van der Waals surface area contributed by atoms with Crippen LogP contribution in [-0.2, 0) is 19.4 Å². The van der Waals surface area contributed by atoms with Crippen LogP contribution >= 0.6 is 0 Å². The lowest BCUT2D eigenvalue weighted by molar-refractivity contribution is 0.270. The number of fused-ring (bicyclic) bond motifs is 2. The van der Waals surface area contributed by atoms with E-state index in [1.807, 2.05) is 25.1 Å². The van der Waals surface area contributed by atoms with Crippen LogP contribution < -0.4 is 15.0 Å². The number of benzene rings is 1. The average molecular weight is 368 g/mol. The van der Waals surface area contributed by atoms with Crippen molar-refractivity contribution in [3.05, 3.63) is 57.1 Å². The Balaban J connectivity index is 1.59. The predicted molar refractivity (Wildman–Crippen MR) is 103 cm³/mol. The molecule has 7 nitrogen and oxygen atoms in total. The zero-order chi connectivity index (χ0) is 19.0. The van der Waals surface area contributed by atoms with E-state index in [1.54, 1.807) is 18.7 Å². The first kappa shape index (κ1) is 17.6. The minimum absolute atomic E-state index is 0.0175. The van der Waals surface area contributed by atoms with Crippen molar-refractivity contribution in [2.75, 3.05) is 27.3 Å². The van der Waals surface area contributed by atoms with E-state index in [1.165, 1.54) is 0 Å². The number of aromatic amines is 1. The molecule has 3 heterocycles. The predicted octanol–water partition coefficient (Wildman–Crippen LogP) is 1.95. The van der Waals surface area contributed by atoms with Gasteiger partial charge in [-0.15, -0.1) is 0 Å². The molecule has 0 fully saturated rings. The quantitative estimate of drug-likeness (QED) is 0.762. The number of nitrogens with one attached hydrogen (secondary N) is 1. The fraction of sp³-hybridized carbons (Fsp3) is 0.400. The van der Waals surface area contributed by atoms with Crippen LogP contribution in [0.2, 0.25) is 0 Å². The number of H-pyrrole nitrogens is 1. The van der Waals surface area contributed by atoms with Crippen molar-refractivity contribution in [1.82, 2.24) is 19.5 Å². The van der Waals surface area contributed by atoms with Crippen molar-refractivity contribution in [2.45, 2.75) is 26.3 Å². The maximum absolute atomic E-state index is 12.8. The third-order valence-corrected chi connectivity index (χ3v) is 5.14. The Morgan fingerprint density at radius 3 is 2.78 bits per heavy atom. The number of nitrogens with zero attached hydrogens (tertiary/aromatic N) is 3. The minimum Gasteiger partial charge on any atom is -0.493 e. The third kappa shape index (κ3) is 3.19. The number of para-hydroxylation sites is 1. The standard InChI is InChI=1S/C20H24N4O3/c1-13-11-18-21-16-8-10-23(9-7-15(16)20(25)24(18)22-13)12-14-5-4-6-17(26-2)19(14)27-3/h4-6,11,22H,7-10,12H2,1-3H3. The number of methoxy groups -OCH3 is 2. The van der Waals surface area contributed by atoms with Crippen molar-refractivity contribution >= 4 is 5.65 Å². The van der Waals surface area contributed by atoms with E-state index in [0.717, 1.165) is 60.1 Å². The molecule has 0 saturated carbocycles. The van der Waals surface area contributed by atoms with Crippen LogP contribution in [0, 0.1) is 6.92 Å². The molecule has 0 unspecified atom stereocenters. The summed E-state index contributed by atoms with van der Waals surface area (Å²) >= 11 is 0. The van der Waals surface area contributed by atoms with Crippen LogP contribution in [0.3, 0.4) is 0 Å². The lowest BCUT2D eigenvalue weighted by atomic mass is 10.1. The minimum atomic E-state index is 0.0175. The first-order valence-electron chi connectivity index (χ1n) is 9.13. The molecule has 0 bridgehead atoms. The van der Waals surface area contributed by atoms with Gasteiger partial charge in [-0.3, -0.25) is 14.8 Å². The molecule has 27 heavy (non-hydrogen) atoms. The van der Waals surface area contributed by atoms with Gasteiger partial charge in [-0.2, -0.15) is 0 Å². The molecule has 1 N–H and O–H groups in total. The van der Waals surface area contributed by atoms with Crippen molar-refractivity contribution in [1.29, 1.82) is 0 Å². The van der Waals surface area contributed by atoms with E-state index in [-0.39, 0.29) is 5.56 Å². The number of ether oxygens (including phenoxy) is 2. The molecule has 0 saturated heterocycles. The van der Waals surface area contributed by atoms with Gasteiger partial charge in [-0.1, -0.05) is 12.1 Å². The van der Waals surface area contributed by atoms with Crippen molar-refractivity contribution in [2.24, 2.45) is 0 Å². The van der Waals surface area contributed by atoms with Gasteiger partial charge >= 0.3 is 0 Å². The summed E-state index contributed by atoms with van der Waals surface area (Å²) in [6.45, 7) is 4.32. The van der Waals surface area contributed by atoms with E-state index in [2.05, 4.69) is 16.1 Å². The highest BCUT2D eigenvalue weighted by atomic mass is 16.5. The number of hydrogen-bond donors (Lipinski definition) is 1. The van der Waals surface area contributed by atoms with Gasteiger partial charge in [0.15, 0.2) is 17.1 Å². The number of hydrogen-bond acceptors (Lipinski definition) is 5. The molecular formula is C20H24N4O3. The van der Waals surface area contributed by atoms with Gasteiger partial charge in [0.25, 0.3) is 5.56 Å². The first-order chi connectivity index (χ1) is 13.1. The van der Waals surface area contributed by atoms with Crippen molar-refractivity contribution in [3.8, 4) is 11.5 Å². The SMILES string of the molecule is COc1cccc(CN2CCc3nc4cc(C)[nH]n4c(=O)c3CC2)c1OC. The highest BCUT2D eigenvalue weighted by molar-refractivity contribution is 5.46. The Bertz CT molecular complexity index is 1040. The van der Waals surface area contributed by atoms with Crippen LogP contribution in [0.15, 0.2) is 29.1 Å². The topological polar surface area (TPSA) is 71.9 Å². The third-order valence-electron chi connectivity index (χ3n) is 5.14.